The first-order valence-corrected chi connectivity index (χ1v) is 11.8. The van der Waals surface area contributed by atoms with E-state index in [4.69, 9.17) is 13.7 Å². The van der Waals surface area contributed by atoms with Crippen molar-refractivity contribution in [1.82, 2.24) is 0 Å². The largest absolute Gasteiger partial charge is 0.494 e. The van der Waals surface area contributed by atoms with Gasteiger partial charge < -0.3 is 13.7 Å². The Labute approximate surface area is 200 Å². The third-order valence-corrected chi connectivity index (χ3v) is 7.32. The van der Waals surface area contributed by atoms with Crippen LogP contribution in [0.5, 0.6) is 0 Å². The van der Waals surface area contributed by atoms with Crippen LogP contribution in [0.3, 0.4) is 0 Å². The zero-order valence-corrected chi connectivity index (χ0v) is 20.0. The van der Waals surface area contributed by atoms with Crippen molar-refractivity contribution in [3.8, 4) is 22.5 Å². The second-order valence-electron chi connectivity index (χ2n) is 10.0. The summed E-state index contributed by atoms with van der Waals surface area (Å²) >= 11 is 0. The van der Waals surface area contributed by atoms with Gasteiger partial charge in [-0.25, -0.2) is 0 Å². The summed E-state index contributed by atoms with van der Waals surface area (Å²) in [5, 5.41) is 3.42. The maximum absolute atomic E-state index is 6.48. The molecule has 168 valence electrons. The molecular weight excluding hydrogens is 419 g/mol. The lowest BCUT2D eigenvalue weighted by atomic mass is 9.78. The first-order valence-electron chi connectivity index (χ1n) is 11.8. The highest BCUT2D eigenvalue weighted by atomic mass is 16.7. The molecule has 1 aliphatic rings. The Balaban J connectivity index is 1.56. The van der Waals surface area contributed by atoms with Crippen molar-refractivity contribution in [3.05, 3.63) is 91.0 Å². The van der Waals surface area contributed by atoms with E-state index in [0.717, 1.165) is 49.7 Å². The Kier molecular flexibility index (Phi) is 4.74. The van der Waals surface area contributed by atoms with E-state index >= 15 is 0 Å². The highest BCUT2D eigenvalue weighted by Crippen LogP contribution is 2.44. The average molecular weight is 446 g/mol. The van der Waals surface area contributed by atoms with Crippen molar-refractivity contribution in [1.29, 1.82) is 0 Å². The standard InChI is InChI=1S/C30H27BO3/c1-29(2)30(3,4)34-31(33-29)23-16-17-24-22(19-23)15-18-25-27(24)26(20-11-7-5-8-12-20)28(32-25)21-13-9-6-10-14-21/h5-19H,1-4H3. The molecule has 0 N–H and O–H groups in total. The lowest BCUT2D eigenvalue weighted by Crippen LogP contribution is -2.41. The lowest BCUT2D eigenvalue weighted by Gasteiger charge is -2.32. The van der Waals surface area contributed by atoms with Crippen molar-refractivity contribution in [2.24, 2.45) is 0 Å². The van der Waals surface area contributed by atoms with E-state index in [1.165, 1.54) is 0 Å². The van der Waals surface area contributed by atoms with Gasteiger partial charge in [0.25, 0.3) is 0 Å². The molecule has 0 saturated carbocycles. The predicted molar refractivity (Wildman–Crippen MR) is 140 cm³/mol. The molecule has 2 heterocycles. The quantitative estimate of drug-likeness (QED) is 0.274. The minimum absolute atomic E-state index is 0.369. The number of fused-ring (bicyclic) bond motifs is 3. The number of benzene rings is 4. The van der Waals surface area contributed by atoms with Gasteiger partial charge in [0.15, 0.2) is 0 Å². The molecule has 3 nitrogen and oxygen atoms in total. The van der Waals surface area contributed by atoms with Gasteiger partial charge in [0.1, 0.15) is 11.3 Å². The third kappa shape index (κ3) is 3.29. The topological polar surface area (TPSA) is 31.6 Å². The summed E-state index contributed by atoms with van der Waals surface area (Å²) in [6.07, 6.45) is 0. The summed E-state index contributed by atoms with van der Waals surface area (Å²) in [6.45, 7) is 8.33. The van der Waals surface area contributed by atoms with Crippen molar-refractivity contribution < 1.29 is 13.7 Å². The van der Waals surface area contributed by atoms with Crippen molar-refractivity contribution in [3.63, 3.8) is 0 Å². The molecule has 0 unspecified atom stereocenters. The maximum atomic E-state index is 6.48. The van der Waals surface area contributed by atoms with Crippen LogP contribution < -0.4 is 5.46 Å². The Bertz CT molecular complexity index is 1480. The smallest absolute Gasteiger partial charge is 0.455 e. The molecule has 4 aromatic carbocycles. The molecule has 1 fully saturated rings. The lowest BCUT2D eigenvalue weighted by molar-refractivity contribution is 0.00578. The first-order chi connectivity index (χ1) is 16.3. The third-order valence-electron chi connectivity index (χ3n) is 7.32. The van der Waals surface area contributed by atoms with Crippen molar-refractivity contribution >= 4 is 34.3 Å². The molecule has 0 aliphatic carbocycles. The summed E-state index contributed by atoms with van der Waals surface area (Å²) in [5.74, 6) is 0.893. The summed E-state index contributed by atoms with van der Waals surface area (Å²) < 4.78 is 19.1. The van der Waals surface area contributed by atoms with Gasteiger partial charge in [-0.1, -0.05) is 84.9 Å². The number of hydrogen-bond acceptors (Lipinski definition) is 3. The highest BCUT2D eigenvalue weighted by molar-refractivity contribution is 6.62. The Morgan fingerprint density at radius 1 is 0.647 bits per heavy atom. The van der Waals surface area contributed by atoms with E-state index in [9.17, 15) is 0 Å². The zero-order valence-electron chi connectivity index (χ0n) is 20.0. The number of furan rings is 1. The SMILES string of the molecule is CC1(C)OB(c2ccc3c(ccc4oc(-c5ccccc5)c(-c5ccccc5)c43)c2)OC1(C)C. The molecular formula is C30H27BO3. The van der Waals surface area contributed by atoms with E-state index in [2.05, 4.69) is 94.4 Å². The van der Waals surface area contributed by atoms with Crippen LogP contribution in [0.25, 0.3) is 44.2 Å². The number of hydrogen-bond donors (Lipinski definition) is 0. The van der Waals surface area contributed by atoms with Gasteiger partial charge >= 0.3 is 7.12 Å². The highest BCUT2D eigenvalue weighted by Gasteiger charge is 2.51. The molecule has 0 spiro atoms. The van der Waals surface area contributed by atoms with Gasteiger partial charge in [0.2, 0.25) is 0 Å². The van der Waals surface area contributed by atoms with Crippen molar-refractivity contribution in [2.45, 2.75) is 38.9 Å². The Morgan fingerprint density at radius 2 is 1.26 bits per heavy atom. The molecule has 0 atom stereocenters. The van der Waals surface area contributed by atoms with Crippen LogP contribution in [0.4, 0.5) is 0 Å². The van der Waals surface area contributed by atoms with Gasteiger partial charge in [0.05, 0.1) is 11.2 Å². The molecule has 0 radical (unpaired) electrons. The maximum Gasteiger partial charge on any atom is 0.494 e. The molecule has 4 heteroatoms. The fraction of sp³-hybridized carbons (Fsp3) is 0.200. The van der Waals surface area contributed by atoms with Gasteiger partial charge in [-0.2, -0.15) is 0 Å². The van der Waals surface area contributed by atoms with E-state index in [0.29, 0.717) is 0 Å². The monoisotopic (exact) mass is 446 g/mol. The molecule has 6 rings (SSSR count). The molecule has 1 saturated heterocycles. The normalized spacial score (nSPS) is 17.0. The molecule has 1 aliphatic heterocycles. The molecule has 34 heavy (non-hydrogen) atoms. The molecule has 0 amide bonds. The molecule has 1 aromatic heterocycles. The zero-order chi connectivity index (χ0) is 23.5. The fourth-order valence-electron chi connectivity index (χ4n) is 4.74. The van der Waals surface area contributed by atoms with Crippen LogP contribution in [0.1, 0.15) is 27.7 Å². The number of rotatable bonds is 3. The van der Waals surface area contributed by atoms with Crippen LogP contribution in [-0.4, -0.2) is 18.3 Å². The summed E-state index contributed by atoms with van der Waals surface area (Å²) in [4.78, 5) is 0. The first kappa shape index (κ1) is 21.2. The van der Waals surface area contributed by atoms with Gasteiger partial charge in [-0.05, 0) is 55.6 Å². The van der Waals surface area contributed by atoms with E-state index in [1.54, 1.807) is 0 Å². The van der Waals surface area contributed by atoms with Gasteiger partial charge in [-0.15, -0.1) is 0 Å². The van der Waals surface area contributed by atoms with E-state index < -0.39 is 0 Å². The van der Waals surface area contributed by atoms with Crippen LogP contribution >= 0.6 is 0 Å². The summed E-state index contributed by atoms with van der Waals surface area (Å²) in [6, 6.07) is 31.5. The van der Waals surface area contributed by atoms with E-state index in [1.807, 2.05) is 24.3 Å². The van der Waals surface area contributed by atoms with Crippen molar-refractivity contribution in [2.75, 3.05) is 0 Å². The van der Waals surface area contributed by atoms with Crippen LogP contribution in [0.2, 0.25) is 0 Å². The fourth-order valence-corrected chi connectivity index (χ4v) is 4.74. The second kappa shape index (κ2) is 7.59. The molecule has 5 aromatic rings. The molecule has 0 bridgehead atoms. The van der Waals surface area contributed by atoms with Gasteiger partial charge in [0, 0.05) is 16.5 Å². The Hall–Kier alpha value is -3.34. The van der Waals surface area contributed by atoms with Crippen LogP contribution in [0.15, 0.2) is 95.4 Å². The minimum Gasteiger partial charge on any atom is -0.455 e. The second-order valence-corrected chi connectivity index (χ2v) is 10.0. The van der Waals surface area contributed by atoms with E-state index in [-0.39, 0.29) is 18.3 Å². The van der Waals surface area contributed by atoms with Gasteiger partial charge in [-0.3, -0.25) is 0 Å². The van der Waals surface area contributed by atoms with Crippen LogP contribution in [0, 0.1) is 0 Å². The summed E-state index contributed by atoms with van der Waals surface area (Å²) in [7, 11) is -0.386. The van der Waals surface area contributed by atoms with Crippen LogP contribution in [-0.2, 0) is 9.31 Å². The summed E-state index contributed by atoms with van der Waals surface area (Å²) in [5.41, 5.74) is 4.50. The Morgan fingerprint density at radius 3 is 1.91 bits per heavy atom. The average Bonchev–Trinajstić information content (AvgIpc) is 3.34. The predicted octanol–water partition coefficient (Wildman–Crippen LogP) is 7.22. The minimum atomic E-state index is -0.386.